The maximum Gasteiger partial charge on any atom is 0.230 e. The minimum atomic E-state index is 0.123. The number of anilines is 1. The highest BCUT2D eigenvalue weighted by Crippen LogP contribution is 2.41. The fourth-order valence-electron chi connectivity index (χ4n) is 7.04. The lowest BCUT2D eigenvalue weighted by Gasteiger charge is -2.36. The second kappa shape index (κ2) is 12.4. The molecule has 218 valence electrons. The molecule has 6 heteroatoms. The van der Waals surface area contributed by atoms with Gasteiger partial charge in [0.2, 0.25) is 5.91 Å². The van der Waals surface area contributed by atoms with Crippen LogP contribution in [0.3, 0.4) is 0 Å². The van der Waals surface area contributed by atoms with Crippen LogP contribution in [-0.4, -0.2) is 29.5 Å². The third-order valence-electron chi connectivity index (χ3n) is 9.93. The van der Waals surface area contributed by atoms with E-state index < -0.39 is 0 Å². The lowest BCUT2D eigenvalue weighted by molar-refractivity contribution is -0.123. The van der Waals surface area contributed by atoms with Crippen LogP contribution >= 0.6 is 0 Å². The van der Waals surface area contributed by atoms with Crippen molar-refractivity contribution in [2.75, 3.05) is 18.6 Å². The van der Waals surface area contributed by atoms with E-state index in [1.165, 1.54) is 37.8 Å². The molecule has 0 radical (unpaired) electrons. The second-order valence-corrected chi connectivity index (χ2v) is 12.7. The fourth-order valence-corrected chi connectivity index (χ4v) is 7.04. The molecule has 0 bridgehead atoms. The molecule has 3 aliphatic rings. The summed E-state index contributed by atoms with van der Waals surface area (Å²) >= 11 is 0. The summed E-state index contributed by atoms with van der Waals surface area (Å²) in [5, 5.41) is 0. The number of carbonyl (C=O) groups is 1. The molecular formula is C35H45N3O3. The van der Waals surface area contributed by atoms with E-state index >= 15 is 0 Å². The molecule has 1 amide bonds. The van der Waals surface area contributed by atoms with E-state index in [2.05, 4.69) is 42.2 Å². The van der Waals surface area contributed by atoms with Crippen molar-refractivity contribution in [1.29, 1.82) is 0 Å². The Labute approximate surface area is 244 Å². The van der Waals surface area contributed by atoms with Gasteiger partial charge >= 0.3 is 0 Å². The highest BCUT2D eigenvalue weighted by molar-refractivity contribution is 5.95. The van der Waals surface area contributed by atoms with Crippen LogP contribution in [0.1, 0.15) is 107 Å². The van der Waals surface area contributed by atoms with Gasteiger partial charge < -0.3 is 14.1 Å². The topological polar surface area (TPSA) is 68.5 Å². The van der Waals surface area contributed by atoms with Crippen LogP contribution in [0, 0.1) is 24.7 Å². The average Bonchev–Trinajstić information content (AvgIpc) is 3.75. The maximum absolute atomic E-state index is 14.2. The fraction of sp³-hybridized carbons (Fsp3) is 0.571. The minimum absolute atomic E-state index is 0.123. The van der Waals surface area contributed by atoms with Crippen molar-refractivity contribution in [3.63, 3.8) is 0 Å². The van der Waals surface area contributed by atoms with E-state index in [4.69, 9.17) is 19.1 Å². The van der Waals surface area contributed by atoms with Crippen LogP contribution in [0.2, 0.25) is 0 Å². The molecule has 0 unspecified atom stereocenters. The smallest absolute Gasteiger partial charge is 0.230 e. The van der Waals surface area contributed by atoms with Crippen LogP contribution in [0.15, 0.2) is 47.1 Å². The number of aryl methyl sites for hydroxylation is 1. The molecule has 2 heterocycles. The van der Waals surface area contributed by atoms with E-state index in [0.29, 0.717) is 23.7 Å². The van der Waals surface area contributed by atoms with Crippen LogP contribution in [0.25, 0.3) is 11.3 Å². The van der Waals surface area contributed by atoms with Gasteiger partial charge in [-0.15, -0.1) is 0 Å². The number of amides is 1. The summed E-state index contributed by atoms with van der Waals surface area (Å²) in [6, 6.07) is 12.6. The zero-order valence-corrected chi connectivity index (χ0v) is 25.0. The Morgan fingerprint density at radius 2 is 1.66 bits per heavy atom. The van der Waals surface area contributed by atoms with Crippen LogP contribution in [0.4, 0.5) is 5.69 Å². The van der Waals surface area contributed by atoms with Crippen molar-refractivity contribution >= 4 is 11.6 Å². The Morgan fingerprint density at radius 1 is 0.927 bits per heavy atom. The number of nitrogens with zero attached hydrogens (tertiary/aromatic N) is 3. The number of carbonyl (C=O) groups excluding carboxylic acids is 1. The Kier molecular flexibility index (Phi) is 8.45. The monoisotopic (exact) mass is 555 g/mol. The number of hydrogen-bond acceptors (Lipinski definition) is 5. The summed E-state index contributed by atoms with van der Waals surface area (Å²) in [4.78, 5) is 25.9. The summed E-state index contributed by atoms with van der Waals surface area (Å²) in [6.45, 7) is 5.08. The Morgan fingerprint density at radius 3 is 2.34 bits per heavy atom. The molecule has 0 spiro atoms. The van der Waals surface area contributed by atoms with Gasteiger partial charge in [0.05, 0.1) is 12.8 Å². The van der Waals surface area contributed by atoms with Crippen molar-refractivity contribution in [3.05, 3.63) is 59.9 Å². The molecule has 3 fully saturated rings. The van der Waals surface area contributed by atoms with Crippen molar-refractivity contribution in [1.82, 2.24) is 9.97 Å². The van der Waals surface area contributed by atoms with Gasteiger partial charge in [0.1, 0.15) is 17.7 Å². The van der Waals surface area contributed by atoms with Gasteiger partial charge in [-0.05, 0) is 107 Å². The number of benzene rings is 1. The normalized spacial score (nSPS) is 24.7. The quantitative estimate of drug-likeness (QED) is 0.265. The van der Waals surface area contributed by atoms with E-state index in [1.54, 1.807) is 13.4 Å². The van der Waals surface area contributed by atoms with Gasteiger partial charge in [-0.25, -0.2) is 4.98 Å². The standard InChI is InChI=1S/C35H45N3O3/c1-4-24-8-14-28(15-9-24)35(39)38(30-7-5-6-29(20-30)32-22-41-34(37-32)27-16-17-27)21-25-10-12-26(13-11-25)31-18-19-33(40-3)23(2)36-31/h5-7,18-20,22,24-28H,4,8-17,21H2,1-3H3. The molecule has 0 N–H and O–H groups in total. The van der Waals surface area contributed by atoms with Gasteiger partial charge in [-0.2, -0.15) is 0 Å². The van der Waals surface area contributed by atoms with Crippen molar-refractivity contribution in [3.8, 4) is 17.0 Å². The van der Waals surface area contributed by atoms with Crippen LogP contribution < -0.4 is 9.64 Å². The first-order valence-electron chi connectivity index (χ1n) is 15.9. The van der Waals surface area contributed by atoms with E-state index in [0.717, 1.165) is 85.3 Å². The highest BCUT2D eigenvalue weighted by atomic mass is 16.5. The summed E-state index contributed by atoms with van der Waals surface area (Å²) in [6.07, 6.45) is 14.1. The summed E-state index contributed by atoms with van der Waals surface area (Å²) in [5.41, 5.74) is 5.02. The zero-order chi connectivity index (χ0) is 28.3. The Bertz CT molecular complexity index is 1330. The third kappa shape index (κ3) is 6.37. The molecule has 3 aliphatic carbocycles. The molecule has 3 saturated carbocycles. The number of pyridine rings is 1. The number of methoxy groups -OCH3 is 1. The third-order valence-corrected chi connectivity index (χ3v) is 9.93. The summed E-state index contributed by atoms with van der Waals surface area (Å²) in [5.74, 6) is 4.34. The van der Waals surface area contributed by atoms with Crippen molar-refractivity contribution in [2.45, 2.75) is 96.3 Å². The molecule has 1 aromatic carbocycles. The van der Waals surface area contributed by atoms with Gasteiger partial charge in [0.15, 0.2) is 5.89 Å². The molecule has 0 aliphatic heterocycles. The number of oxazole rings is 1. The molecule has 6 rings (SSSR count). The average molecular weight is 556 g/mol. The predicted octanol–water partition coefficient (Wildman–Crippen LogP) is 8.45. The summed E-state index contributed by atoms with van der Waals surface area (Å²) < 4.78 is 11.2. The number of ether oxygens (including phenoxy) is 1. The molecule has 0 saturated heterocycles. The molecule has 0 atom stereocenters. The molecule has 2 aromatic heterocycles. The largest absolute Gasteiger partial charge is 0.495 e. The molecular weight excluding hydrogens is 510 g/mol. The first-order chi connectivity index (χ1) is 20.0. The predicted molar refractivity (Wildman–Crippen MR) is 162 cm³/mol. The molecule has 41 heavy (non-hydrogen) atoms. The van der Waals surface area contributed by atoms with Gasteiger partial charge in [-0.3, -0.25) is 9.78 Å². The van der Waals surface area contributed by atoms with Crippen molar-refractivity contribution < 1.29 is 13.9 Å². The first-order valence-corrected chi connectivity index (χ1v) is 15.9. The number of aromatic nitrogens is 2. The van der Waals surface area contributed by atoms with Gasteiger partial charge in [0, 0.05) is 41.2 Å². The van der Waals surface area contributed by atoms with Gasteiger partial charge in [-0.1, -0.05) is 25.5 Å². The Balaban J connectivity index is 1.19. The van der Waals surface area contributed by atoms with Gasteiger partial charge in [0.25, 0.3) is 0 Å². The van der Waals surface area contributed by atoms with E-state index in [-0.39, 0.29) is 5.92 Å². The van der Waals surface area contributed by atoms with Crippen LogP contribution in [-0.2, 0) is 4.79 Å². The zero-order valence-electron chi connectivity index (χ0n) is 25.0. The second-order valence-electron chi connectivity index (χ2n) is 12.7. The lowest BCUT2D eigenvalue weighted by atomic mass is 9.78. The number of hydrogen-bond donors (Lipinski definition) is 0. The van der Waals surface area contributed by atoms with Crippen LogP contribution in [0.5, 0.6) is 5.75 Å². The van der Waals surface area contributed by atoms with Crippen molar-refractivity contribution in [2.24, 2.45) is 17.8 Å². The maximum atomic E-state index is 14.2. The highest BCUT2D eigenvalue weighted by Gasteiger charge is 2.33. The number of rotatable bonds is 9. The first kappa shape index (κ1) is 28.0. The summed E-state index contributed by atoms with van der Waals surface area (Å²) in [7, 11) is 1.70. The lowest BCUT2D eigenvalue weighted by Crippen LogP contribution is -2.41. The van der Waals surface area contributed by atoms with E-state index in [1.807, 2.05) is 13.0 Å². The van der Waals surface area contributed by atoms with E-state index in [9.17, 15) is 4.79 Å². The molecule has 6 nitrogen and oxygen atoms in total. The Hall–Kier alpha value is -3.15. The SMILES string of the molecule is CCC1CCC(C(=O)N(CC2CCC(c3ccc(OC)c(C)n3)CC2)c2cccc(-c3coc(C4CC4)n3)c2)CC1. The minimum Gasteiger partial charge on any atom is -0.495 e. The molecule has 3 aromatic rings.